The zero-order valence-electron chi connectivity index (χ0n) is 44.6. The van der Waals surface area contributed by atoms with Crippen LogP contribution in [-0.2, 0) is 46.3 Å². The number of phosphoric acid groups is 2. The number of anilines is 1. The van der Waals surface area contributed by atoms with E-state index in [9.17, 15) is 53.7 Å². The fourth-order valence-corrected chi connectivity index (χ4v) is 10.0. The summed E-state index contributed by atoms with van der Waals surface area (Å²) in [5.41, 5.74) is 4.58. The summed E-state index contributed by atoms with van der Waals surface area (Å²) < 4.78 is 56.8. The number of rotatable bonds is 45. The van der Waals surface area contributed by atoms with Crippen LogP contribution in [0, 0.1) is 0 Å². The molecular formula is C53H91N3O17P2. The molecule has 0 bridgehead atoms. The van der Waals surface area contributed by atoms with E-state index in [1.165, 1.54) is 31.7 Å². The van der Waals surface area contributed by atoms with E-state index in [2.05, 4.69) is 59.6 Å². The van der Waals surface area contributed by atoms with Crippen molar-refractivity contribution in [1.29, 1.82) is 0 Å². The van der Waals surface area contributed by atoms with Crippen molar-refractivity contribution in [3.63, 3.8) is 0 Å². The van der Waals surface area contributed by atoms with Gasteiger partial charge in [-0.05, 0) is 83.1 Å². The topological polar surface area (TPSA) is 306 Å². The highest BCUT2D eigenvalue weighted by atomic mass is 31.3. The molecule has 0 spiro atoms. The molecule has 430 valence electrons. The minimum Gasteiger partial charge on any atom is -0.462 e. The van der Waals surface area contributed by atoms with Crippen LogP contribution < -0.4 is 11.4 Å². The Bertz CT molecular complexity index is 1980. The van der Waals surface area contributed by atoms with Gasteiger partial charge in [-0.1, -0.05) is 146 Å². The number of hydrogen-bond donors (Lipinski definition) is 7. The van der Waals surface area contributed by atoms with Crippen molar-refractivity contribution in [2.45, 2.75) is 230 Å². The number of nitrogen functional groups attached to an aromatic ring is 1. The number of nitrogens with zero attached hydrogens (tertiary/aromatic N) is 2. The first-order chi connectivity index (χ1) is 36.0. The summed E-state index contributed by atoms with van der Waals surface area (Å²) in [6.45, 7) is 1.93. The lowest BCUT2D eigenvalue weighted by molar-refractivity contribution is -0.161. The first-order valence-electron chi connectivity index (χ1n) is 27.3. The van der Waals surface area contributed by atoms with Gasteiger partial charge in [0.25, 0.3) is 0 Å². The Morgan fingerprint density at radius 1 is 0.693 bits per heavy atom. The Balaban J connectivity index is 1.81. The zero-order valence-corrected chi connectivity index (χ0v) is 46.4. The second-order valence-electron chi connectivity index (χ2n) is 19.0. The lowest BCUT2D eigenvalue weighted by Gasteiger charge is -2.21. The standard InChI is InChI=1S/C53H91N3O17P2/c1-3-5-7-9-11-12-13-14-15-16-17-18-19-20-21-22-23-24-28-33-37-49(60)71-43(40-68-48(59)36-32-29-25-27-31-35-45(58)44(57)34-30-26-10-8-6-4-2)41-69-74(64,65)73-75(66,67)70-42-46-50(61)51(62)52(72-46)56-39-38-47(54)55-53(56)63/h12-13,15-16,18-19,26,30,38-39,43-46,50-52,57-58,61-62H,3-11,14,17,20-25,27-29,31-37,40-42H2,1-2H3,(H,64,65)(H,66,67)(H2,54,55,63)/b13-12-,16-15-,19-18-,30-26-/t43-,44-,45-,46-,50-,51-,52-/m1/s1. The third-order valence-electron chi connectivity index (χ3n) is 12.3. The summed E-state index contributed by atoms with van der Waals surface area (Å²) in [7, 11) is -10.9. The van der Waals surface area contributed by atoms with Gasteiger partial charge in [-0.3, -0.25) is 23.2 Å². The molecule has 2 rings (SSSR count). The van der Waals surface area contributed by atoms with Gasteiger partial charge in [-0.25, -0.2) is 13.9 Å². The van der Waals surface area contributed by atoms with Crippen LogP contribution >= 0.6 is 15.6 Å². The minimum absolute atomic E-state index is 0.00268. The molecule has 0 aromatic carbocycles. The van der Waals surface area contributed by atoms with E-state index in [-0.39, 0.29) is 18.7 Å². The highest BCUT2D eigenvalue weighted by Gasteiger charge is 2.46. The molecule has 1 aliphatic heterocycles. The molecule has 22 heteroatoms. The van der Waals surface area contributed by atoms with Gasteiger partial charge in [-0.15, -0.1) is 0 Å². The molecule has 0 radical (unpaired) electrons. The van der Waals surface area contributed by atoms with Crippen molar-refractivity contribution in [3.05, 3.63) is 71.4 Å². The fraction of sp³-hybridized carbons (Fsp3) is 0.736. The number of aliphatic hydroxyl groups excluding tert-OH is 4. The Morgan fingerprint density at radius 2 is 1.21 bits per heavy atom. The monoisotopic (exact) mass is 1100 g/mol. The predicted octanol–water partition coefficient (Wildman–Crippen LogP) is 9.67. The molecule has 8 N–H and O–H groups in total. The minimum atomic E-state index is -5.46. The number of aliphatic hydroxyl groups is 4. The number of esters is 2. The molecule has 0 aliphatic carbocycles. The van der Waals surface area contributed by atoms with Crippen molar-refractivity contribution >= 4 is 33.4 Å². The van der Waals surface area contributed by atoms with E-state index in [0.717, 1.165) is 107 Å². The predicted molar refractivity (Wildman–Crippen MR) is 287 cm³/mol. The molecule has 1 aromatic rings. The van der Waals surface area contributed by atoms with Gasteiger partial charge in [0, 0.05) is 19.0 Å². The number of ether oxygens (including phenoxy) is 3. The number of phosphoric ester groups is 2. The molecule has 1 saturated heterocycles. The first kappa shape index (κ1) is 67.7. The highest BCUT2D eigenvalue weighted by Crippen LogP contribution is 2.60. The fourth-order valence-electron chi connectivity index (χ4n) is 7.93. The second-order valence-corrected chi connectivity index (χ2v) is 22.1. The zero-order chi connectivity index (χ0) is 55.2. The lowest BCUT2D eigenvalue weighted by atomic mass is 10.0. The van der Waals surface area contributed by atoms with Gasteiger partial charge in [0.05, 0.1) is 25.4 Å². The number of carbonyl (C=O) groups excluding carboxylic acids is 2. The summed E-state index contributed by atoms with van der Waals surface area (Å²) in [5.74, 6) is -1.43. The number of aromatic nitrogens is 2. The van der Waals surface area contributed by atoms with Crippen molar-refractivity contribution in [2.24, 2.45) is 0 Å². The Labute approximate surface area is 445 Å². The van der Waals surface area contributed by atoms with Crippen LogP contribution in [0.4, 0.5) is 5.82 Å². The van der Waals surface area contributed by atoms with Crippen LogP contribution in [0.1, 0.15) is 193 Å². The average molecular weight is 1100 g/mol. The Kier molecular flexibility index (Phi) is 36.9. The molecule has 2 unspecified atom stereocenters. The van der Waals surface area contributed by atoms with Crippen molar-refractivity contribution in [2.75, 3.05) is 25.6 Å². The van der Waals surface area contributed by atoms with Crippen LogP contribution in [0.25, 0.3) is 0 Å². The number of carbonyl (C=O) groups is 2. The highest BCUT2D eigenvalue weighted by molar-refractivity contribution is 7.61. The lowest BCUT2D eigenvalue weighted by Crippen LogP contribution is -2.36. The van der Waals surface area contributed by atoms with Crippen molar-refractivity contribution in [3.8, 4) is 0 Å². The maximum Gasteiger partial charge on any atom is 0.481 e. The van der Waals surface area contributed by atoms with Gasteiger partial charge in [-0.2, -0.15) is 9.29 Å². The van der Waals surface area contributed by atoms with Crippen molar-refractivity contribution < 1.29 is 76.5 Å². The maximum atomic E-state index is 12.9. The number of nitrogens with two attached hydrogens (primary N) is 1. The molecule has 1 aromatic heterocycles. The summed E-state index contributed by atoms with van der Waals surface area (Å²) in [4.78, 5) is 62.0. The molecule has 0 amide bonds. The maximum absolute atomic E-state index is 12.9. The number of hydrogen-bond acceptors (Lipinski definition) is 17. The third kappa shape index (κ3) is 32.9. The van der Waals surface area contributed by atoms with Crippen LogP contribution in [0.3, 0.4) is 0 Å². The van der Waals surface area contributed by atoms with Gasteiger partial charge in [0.15, 0.2) is 12.3 Å². The molecule has 9 atom stereocenters. The van der Waals surface area contributed by atoms with E-state index < -0.39 is 95.9 Å². The Hall–Kier alpha value is -3.36. The third-order valence-corrected chi connectivity index (χ3v) is 14.9. The molecule has 0 saturated carbocycles. The first-order valence-corrected chi connectivity index (χ1v) is 30.3. The molecule has 1 aliphatic rings. The van der Waals surface area contributed by atoms with E-state index >= 15 is 0 Å². The molecule has 1 fully saturated rings. The average Bonchev–Trinajstić information content (AvgIpc) is 3.64. The van der Waals surface area contributed by atoms with E-state index in [4.69, 9.17) is 29.0 Å². The van der Waals surface area contributed by atoms with Crippen LogP contribution in [0.2, 0.25) is 0 Å². The molecule has 75 heavy (non-hydrogen) atoms. The largest absolute Gasteiger partial charge is 0.481 e. The second kappa shape index (κ2) is 40.8. The molecule has 20 nitrogen and oxygen atoms in total. The van der Waals surface area contributed by atoms with E-state index in [0.29, 0.717) is 38.5 Å². The normalized spacial score (nSPS) is 20.0. The SMILES string of the molecule is CCCCC/C=C\C[C@@H](O)[C@H](O)CCCCCCCC(=O)OC[C@H](COP(=O)(O)OP(=O)(O)OC[C@H]1O[C@@H](n2ccc(N)nc2=O)[C@H](O)[C@@H]1O)OC(=O)CCCCCCCC/C=C\C/C=C\C/C=C\CCCCCC. The number of allylic oxidation sites excluding steroid dienone is 7. The van der Waals surface area contributed by atoms with E-state index in [1.807, 2.05) is 12.2 Å². The summed E-state index contributed by atoms with van der Waals surface area (Å²) >= 11 is 0. The number of unbranched alkanes of at least 4 members (excludes halogenated alkanes) is 17. The smallest absolute Gasteiger partial charge is 0.462 e. The van der Waals surface area contributed by atoms with Gasteiger partial charge < -0.3 is 50.2 Å². The van der Waals surface area contributed by atoms with Gasteiger partial charge in [0.1, 0.15) is 30.7 Å². The quantitative estimate of drug-likeness (QED) is 0.0138. The van der Waals surface area contributed by atoms with E-state index in [1.54, 1.807) is 0 Å². The Morgan fingerprint density at radius 3 is 1.84 bits per heavy atom. The molecule has 2 heterocycles. The summed E-state index contributed by atoms with van der Waals surface area (Å²) in [6.07, 6.45) is 31.9. The van der Waals surface area contributed by atoms with Crippen molar-refractivity contribution in [1.82, 2.24) is 9.55 Å². The molecular weight excluding hydrogens is 1010 g/mol. The van der Waals surface area contributed by atoms with Crippen LogP contribution in [-0.4, -0.2) is 108 Å². The van der Waals surface area contributed by atoms with Crippen LogP contribution in [0.5, 0.6) is 0 Å². The van der Waals surface area contributed by atoms with Gasteiger partial charge in [0.2, 0.25) is 0 Å². The summed E-state index contributed by atoms with van der Waals surface area (Å²) in [5, 5.41) is 41.5. The summed E-state index contributed by atoms with van der Waals surface area (Å²) in [6, 6.07) is 1.24. The van der Waals surface area contributed by atoms with Crippen LogP contribution in [0.15, 0.2) is 65.7 Å². The van der Waals surface area contributed by atoms with Gasteiger partial charge >= 0.3 is 33.3 Å².